The molecule has 2 amide bonds. The minimum absolute atomic E-state index is 0.141. The highest BCUT2D eigenvalue weighted by atomic mass is 16.5. The Kier molecular flexibility index (Phi) is 6.36. The van der Waals surface area contributed by atoms with Gasteiger partial charge >= 0.3 is 0 Å². The van der Waals surface area contributed by atoms with Crippen molar-refractivity contribution in [3.8, 4) is 11.5 Å². The summed E-state index contributed by atoms with van der Waals surface area (Å²) in [5.74, 6) is 0.583. The van der Waals surface area contributed by atoms with Crippen LogP contribution in [0.2, 0.25) is 0 Å². The van der Waals surface area contributed by atoms with Crippen LogP contribution in [0.4, 0.5) is 11.4 Å². The Hall–Kier alpha value is -4.26. The van der Waals surface area contributed by atoms with E-state index in [1.807, 2.05) is 36.5 Å². The minimum Gasteiger partial charge on any atom is -0.493 e. The first-order valence-electron chi connectivity index (χ1n) is 10.1. The number of nitrogens with one attached hydrogen (secondary N) is 3. The van der Waals surface area contributed by atoms with Crippen LogP contribution >= 0.6 is 0 Å². The van der Waals surface area contributed by atoms with E-state index in [2.05, 4.69) is 15.6 Å². The maximum absolute atomic E-state index is 12.5. The van der Waals surface area contributed by atoms with E-state index < -0.39 is 0 Å². The molecule has 0 saturated carbocycles. The van der Waals surface area contributed by atoms with Crippen LogP contribution in [-0.2, 0) is 16.0 Å². The maximum atomic E-state index is 12.5. The summed E-state index contributed by atoms with van der Waals surface area (Å²) in [4.78, 5) is 28.0. The van der Waals surface area contributed by atoms with Gasteiger partial charge in [-0.1, -0.05) is 36.4 Å². The average molecular weight is 429 g/mol. The molecule has 1 heterocycles. The molecular weight excluding hydrogens is 406 g/mol. The fourth-order valence-corrected chi connectivity index (χ4v) is 3.41. The van der Waals surface area contributed by atoms with Crippen molar-refractivity contribution in [2.45, 2.75) is 6.42 Å². The molecule has 1 aromatic heterocycles. The number of hydrogen-bond donors (Lipinski definition) is 3. The van der Waals surface area contributed by atoms with Gasteiger partial charge in [0.2, 0.25) is 5.91 Å². The number of methoxy groups -OCH3 is 1. The van der Waals surface area contributed by atoms with Crippen molar-refractivity contribution in [3.05, 3.63) is 84.6 Å². The molecule has 0 atom stereocenters. The number of hydrogen-bond acceptors (Lipinski definition) is 4. The number of aromatic nitrogens is 1. The van der Waals surface area contributed by atoms with Gasteiger partial charge in [0, 0.05) is 28.5 Å². The topological polar surface area (TPSA) is 92.4 Å². The zero-order chi connectivity index (χ0) is 22.3. The number of aromatic amines is 1. The summed E-state index contributed by atoms with van der Waals surface area (Å²) in [6.07, 6.45) is 2.09. The summed E-state index contributed by atoms with van der Waals surface area (Å²) in [6, 6.07) is 22.0. The van der Waals surface area contributed by atoms with E-state index in [1.54, 1.807) is 49.6 Å². The normalized spacial score (nSPS) is 10.5. The molecule has 0 fully saturated rings. The zero-order valence-corrected chi connectivity index (χ0v) is 17.6. The average Bonchev–Trinajstić information content (AvgIpc) is 3.21. The summed E-state index contributed by atoms with van der Waals surface area (Å²) < 4.78 is 10.8. The number of rotatable bonds is 8. The third-order valence-electron chi connectivity index (χ3n) is 4.88. The largest absolute Gasteiger partial charge is 0.493 e. The van der Waals surface area contributed by atoms with Crippen molar-refractivity contribution in [2.24, 2.45) is 0 Å². The van der Waals surface area contributed by atoms with Gasteiger partial charge in [0.1, 0.15) is 0 Å². The third-order valence-corrected chi connectivity index (χ3v) is 4.88. The van der Waals surface area contributed by atoms with E-state index in [-0.39, 0.29) is 24.8 Å². The highest BCUT2D eigenvalue weighted by molar-refractivity contribution is 5.97. The molecule has 0 aliphatic heterocycles. The van der Waals surface area contributed by atoms with Crippen LogP contribution < -0.4 is 20.1 Å². The second kappa shape index (κ2) is 9.70. The Balaban J connectivity index is 1.33. The molecule has 0 saturated heterocycles. The monoisotopic (exact) mass is 429 g/mol. The number of ether oxygens (including phenoxy) is 2. The Labute approximate surface area is 185 Å². The van der Waals surface area contributed by atoms with Crippen LogP contribution in [0.3, 0.4) is 0 Å². The van der Waals surface area contributed by atoms with Gasteiger partial charge in [-0.05, 0) is 42.0 Å². The van der Waals surface area contributed by atoms with E-state index in [9.17, 15) is 9.59 Å². The lowest BCUT2D eigenvalue weighted by Crippen LogP contribution is -2.20. The van der Waals surface area contributed by atoms with E-state index in [1.165, 1.54) is 0 Å². The van der Waals surface area contributed by atoms with Gasteiger partial charge in [-0.25, -0.2) is 0 Å². The first-order valence-corrected chi connectivity index (χ1v) is 10.1. The first kappa shape index (κ1) is 21.0. The lowest BCUT2D eigenvalue weighted by molar-refractivity contribution is -0.118. The molecular formula is C25H23N3O4. The molecule has 32 heavy (non-hydrogen) atoms. The highest BCUT2D eigenvalue weighted by Crippen LogP contribution is 2.25. The van der Waals surface area contributed by atoms with Gasteiger partial charge in [0.25, 0.3) is 5.91 Å². The molecule has 0 aliphatic carbocycles. The second-order valence-corrected chi connectivity index (χ2v) is 7.15. The van der Waals surface area contributed by atoms with Gasteiger partial charge in [0.15, 0.2) is 18.1 Å². The van der Waals surface area contributed by atoms with Crippen molar-refractivity contribution in [2.75, 3.05) is 24.4 Å². The quantitative estimate of drug-likeness (QED) is 0.388. The van der Waals surface area contributed by atoms with Crippen LogP contribution in [0.1, 0.15) is 5.56 Å². The maximum Gasteiger partial charge on any atom is 0.262 e. The third kappa shape index (κ3) is 5.07. The van der Waals surface area contributed by atoms with Crippen molar-refractivity contribution >= 4 is 34.1 Å². The van der Waals surface area contributed by atoms with E-state index in [0.717, 1.165) is 16.5 Å². The molecule has 0 unspecified atom stereocenters. The summed E-state index contributed by atoms with van der Waals surface area (Å²) >= 11 is 0. The fourth-order valence-electron chi connectivity index (χ4n) is 3.41. The molecule has 0 radical (unpaired) electrons. The van der Waals surface area contributed by atoms with Crippen LogP contribution in [0.5, 0.6) is 11.5 Å². The molecule has 0 bridgehead atoms. The van der Waals surface area contributed by atoms with E-state index >= 15 is 0 Å². The molecule has 162 valence electrons. The molecule has 0 aliphatic rings. The van der Waals surface area contributed by atoms with Crippen LogP contribution in [0.25, 0.3) is 10.9 Å². The molecule has 4 aromatic rings. The Morgan fingerprint density at radius 1 is 0.844 bits per heavy atom. The SMILES string of the molecule is COc1ccccc1OCC(=O)Nc1cccc(NC(=O)Cc2c[nH]c3ccccc23)c1. The summed E-state index contributed by atoms with van der Waals surface area (Å²) in [5.41, 5.74) is 3.08. The van der Waals surface area contributed by atoms with Gasteiger partial charge in [-0.2, -0.15) is 0 Å². The van der Waals surface area contributed by atoms with Gasteiger partial charge in [-0.3, -0.25) is 9.59 Å². The Morgan fingerprint density at radius 2 is 1.53 bits per heavy atom. The molecule has 7 nitrogen and oxygen atoms in total. The summed E-state index contributed by atoms with van der Waals surface area (Å²) in [5, 5.41) is 6.68. The number of H-pyrrole nitrogens is 1. The summed E-state index contributed by atoms with van der Waals surface area (Å²) in [7, 11) is 1.54. The van der Waals surface area contributed by atoms with Crippen molar-refractivity contribution < 1.29 is 19.1 Å². The molecule has 3 aromatic carbocycles. The molecule has 3 N–H and O–H groups in total. The summed E-state index contributed by atoms with van der Waals surface area (Å²) in [6.45, 7) is -0.169. The van der Waals surface area contributed by atoms with E-state index in [4.69, 9.17) is 9.47 Å². The number of carbonyl (C=O) groups is 2. The number of carbonyl (C=O) groups excluding carboxylic acids is 2. The number of benzene rings is 3. The predicted octanol–water partition coefficient (Wildman–Crippen LogP) is 4.38. The predicted molar refractivity (Wildman–Crippen MR) is 124 cm³/mol. The Morgan fingerprint density at radius 3 is 2.31 bits per heavy atom. The van der Waals surface area contributed by atoms with Crippen molar-refractivity contribution in [1.82, 2.24) is 4.98 Å². The van der Waals surface area contributed by atoms with E-state index in [0.29, 0.717) is 22.9 Å². The van der Waals surface area contributed by atoms with Gasteiger partial charge in [-0.15, -0.1) is 0 Å². The molecule has 4 rings (SSSR count). The standard InChI is InChI=1S/C25H23N3O4/c1-31-22-11-4-5-12-23(22)32-16-25(30)28-19-8-6-7-18(14-19)27-24(29)13-17-15-26-21-10-3-2-9-20(17)21/h2-12,14-15,26H,13,16H2,1H3,(H,27,29)(H,28,30). The first-order chi connectivity index (χ1) is 15.6. The fraction of sp³-hybridized carbons (Fsp3) is 0.120. The molecule has 7 heteroatoms. The number of para-hydroxylation sites is 3. The lowest BCUT2D eigenvalue weighted by atomic mass is 10.1. The van der Waals surface area contributed by atoms with Crippen LogP contribution in [0.15, 0.2) is 79.0 Å². The Bertz CT molecular complexity index is 1250. The molecule has 0 spiro atoms. The number of amides is 2. The zero-order valence-electron chi connectivity index (χ0n) is 17.6. The van der Waals surface area contributed by atoms with Crippen molar-refractivity contribution in [1.29, 1.82) is 0 Å². The van der Waals surface area contributed by atoms with Crippen molar-refractivity contribution in [3.63, 3.8) is 0 Å². The highest BCUT2D eigenvalue weighted by Gasteiger charge is 2.11. The van der Waals surface area contributed by atoms with Crippen LogP contribution in [0, 0.1) is 0 Å². The number of fused-ring (bicyclic) bond motifs is 1. The second-order valence-electron chi connectivity index (χ2n) is 7.15. The smallest absolute Gasteiger partial charge is 0.262 e. The lowest BCUT2D eigenvalue weighted by Gasteiger charge is -2.11. The van der Waals surface area contributed by atoms with Crippen LogP contribution in [-0.4, -0.2) is 30.5 Å². The minimum atomic E-state index is -0.321. The van der Waals surface area contributed by atoms with Gasteiger partial charge < -0.3 is 25.1 Å². The number of anilines is 2. The van der Waals surface area contributed by atoms with Gasteiger partial charge in [0.05, 0.1) is 13.5 Å².